The van der Waals surface area contributed by atoms with Crippen LogP contribution in [0.3, 0.4) is 0 Å². The molecule has 0 saturated carbocycles. The van der Waals surface area contributed by atoms with Crippen LogP contribution < -0.4 is 16.0 Å². The molecule has 35 heavy (non-hydrogen) atoms. The van der Waals surface area contributed by atoms with Crippen molar-refractivity contribution < 1.29 is 28.7 Å². The number of piperidine rings is 1. The molecule has 1 aliphatic heterocycles. The first-order valence-corrected chi connectivity index (χ1v) is 11.7. The van der Waals surface area contributed by atoms with Crippen LogP contribution in [0.1, 0.15) is 40.7 Å². The molecule has 0 radical (unpaired) electrons. The van der Waals surface area contributed by atoms with Crippen molar-refractivity contribution >= 4 is 24.5 Å². The van der Waals surface area contributed by atoms with Crippen molar-refractivity contribution in [3.8, 4) is 11.8 Å². The van der Waals surface area contributed by atoms with Crippen molar-refractivity contribution in [2.75, 3.05) is 53.1 Å². The number of likely N-dealkylation sites (N-methyl/N-ethyl adjacent to an activating group) is 1. The second-order valence-electron chi connectivity index (χ2n) is 7.97. The van der Waals surface area contributed by atoms with Crippen molar-refractivity contribution in [3.05, 3.63) is 34.9 Å². The van der Waals surface area contributed by atoms with Crippen LogP contribution in [0.25, 0.3) is 0 Å². The van der Waals surface area contributed by atoms with Crippen molar-refractivity contribution in [2.45, 2.75) is 31.8 Å². The van der Waals surface area contributed by atoms with Crippen LogP contribution in [0.2, 0.25) is 0 Å². The Balaban J connectivity index is 1.75. The Morgan fingerprint density at radius 3 is 2.57 bits per heavy atom. The van der Waals surface area contributed by atoms with E-state index in [1.165, 1.54) is 0 Å². The number of amides is 3. The summed E-state index contributed by atoms with van der Waals surface area (Å²) in [6.45, 7) is 4.36. The van der Waals surface area contributed by atoms with Gasteiger partial charge in [0.15, 0.2) is 0 Å². The third kappa shape index (κ3) is 10.4. The zero-order valence-electron chi connectivity index (χ0n) is 20.1. The molecule has 1 aromatic carbocycles. The molecule has 2 rings (SSSR count). The summed E-state index contributed by atoms with van der Waals surface area (Å²) < 4.78 is 10.9. The van der Waals surface area contributed by atoms with Gasteiger partial charge < -0.3 is 20.1 Å². The molecule has 10 heteroatoms. The summed E-state index contributed by atoms with van der Waals surface area (Å²) in [6, 6.07) is 4.94. The lowest BCUT2D eigenvalue weighted by Gasteiger charge is -2.30. The summed E-state index contributed by atoms with van der Waals surface area (Å²) in [5, 5.41) is 8.10. The molecule has 1 aliphatic rings. The molecule has 10 nitrogen and oxygen atoms in total. The molecule has 0 aliphatic carbocycles. The number of nitrogens with one attached hydrogen (secondary N) is 3. The van der Waals surface area contributed by atoms with Crippen LogP contribution in [-0.4, -0.2) is 88.6 Å². The Morgan fingerprint density at radius 1 is 1.11 bits per heavy atom. The van der Waals surface area contributed by atoms with Gasteiger partial charge in [-0.2, -0.15) is 0 Å². The summed E-state index contributed by atoms with van der Waals surface area (Å²) >= 11 is 0. The van der Waals surface area contributed by atoms with Gasteiger partial charge in [-0.1, -0.05) is 24.0 Å². The van der Waals surface area contributed by atoms with E-state index in [1.807, 2.05) is 11.0 Å². The topological polar surface area (TPSA) is 126 Å². The van der Waals surface area contributed by atoms with Gasteiger partial charge in [-0.25, -0.2) is 0 Å². The van der Waals surface area contributed by atoms with E-state index >= 15 is 0 Å². The van der Waals surface area contributed by atoms with Crippen molar-refractivity contribution in [3.63, 3.8) is 0 Å². The van der Waals surface area contributed by atoms with Crippen LogP contribution in [0.5, 0.6) is 0 Å². The standard InChI is InChI=1S/C25H34N4O6/c1-29(23-8-9-24(32)28-25(23)33)17-22-20(6-4-7-21(22)18-30)5-2-3-13-34-14-10-26-11-15-35-16-12-27-19-31/h4,6-7,18-19,23,26H,3,8-17H2,1H3,(H,27,31)(H,28,32,33). The Kier molecular flexibility index (Phi) is 13.3. The van der Waals surface area contributed by atoms with Gasteiger partial charge in [0.05, 0.1) is 32.5 Å². The van der Waals surface area contributed by atoms with Crippen LogP contribution in [0, 0.1) is 11.8 Å². The van der Waals surface area contributed by atoms with Crippen LogP contribution >= 0.6 is 0 Å². The van der Waals surface area contributed by atoms with Gasteiger partial charge in [-0.3, -0.25) is 29.4 Å². The van der Waals surface area contributed by atoms with Crippen LogP contribution in [-0.2, 0) is 30.4 Å². The van der Waals surface area contributed by atoms with Gasteiger partial charge in [-0.15, -0.1) is 0 Å². The number of ether oxygens (including phenoxy) is 2. The monoisotopic (exact) mass is 486 g/mol. The largest absolute Gasteiger partial charge is 0.379 e. The first kappa shape index (κ1) is 28.1. The third-order valence-electron chi connectivity index (χ3n) is 5.40. The molecule has 1 aromatic rings. The molecular formula is C25H34N4O6. The van der Waals surface area contributed by atoms with E-state index in [0.29, 0.717) is 83.8 Å². The molecule has 0 aromatic heterocycles. The van der Waals surface area contributed by atoms with E-state index in [-0.39, 0.29) is 11.8 Å². The van der Waals surface area contributed by atoms with Crippen LogP contribution in [0.15, 0.2) is 18.2 Å². The molecular weight excluding hydrogens is 452 g/mol. The maximum atomic E-state index is 12.2. The predicted octanol–water partition coefficient (Wildman–Crippen LogP) is -0.153. The summed E-state index contributed by atoms with van der Waals surface area (Å²) in [7, 11) is 1.80. The van der Waals surface area contributed by atoms with E-state index in [2.05, 4.69) is 27.8 Å². The quantitative estimate of drug-likeness (QED) is 0.127. The molecule has 1 unspecified atom stereocenters. The Hall–Kier alpha value is -3.10. The predicted molar refractivity (Wildman–Crippen MR) is 130 cm³/mol. The number of imide groups is 1. The first-order chi connectivity index (χ1) is 17.1. The van der Waals surface area contributed by atoms with Crippen molar-refractivity contribution in [2.24, 2.45) is 0 Å². The summed E-state index contributed by atoms with van der Waals surface area (Å²) in [5.41, 5.74) is 2.03. The van der Waals surface area contributed by atoms with E-state index in [0.717, 1.165) is 17.4 Å². The SMILES string of the molecule is CN(Cc1c(C#CCCOCCNCCOCCNC=O)cccc1C=O)C1CCC(=O)NC1=O. The maximum absolute atomic E-state index is 12.2. The maximum Gasteiger partial charge on any atom is 0.243 e. The number of carbonyl (C=O) groups is 4. The lowest BCUT2D eigenvalue weighted by molar-refractivity contribution is -0.137. The first-order valence-electron chi connectivity index (χ1n) is 11.7. The molecule has 0 bridgehead atoms. The van der Waals surface area contributed by atoms with Gasteiger partial charge in [-0.05, 0) is 25.1 Å². The lowest BCUT2D eigenvalue weighted by atomic mass is 9.99. The summed E-state index contributed by atoms with van der Waals surface area (Å²) in [6.07, 6.45) is 2.73. The smallest absolute Gasteiger partial charge is 0.243 e. The highest BCUT2D eigenvalue weighted by molar-refractivity contribution is 6.00. The van der Waals surface area contributed by atoms with E-state index < -0.39 is 6.04 Å². The molecule has 190 valence electrons. The Labute approximate surface area is 206 Å². The second-order valence-corrected chi connectivity index (χ2v) is 7.97. The molecule has 3 amide bonds. The number of benzene rings is 1. The average molecular weight is 487 g/mol. The number of hydrogen-bond donors (Lipinski definition) is 3. The highest BCUT2D eigenvalue weighted by Gasteiger charge is 2.30. The average Bonchev–Trinajstić information content (AvgIpc) is 2.84. The molecule has 0 spiro atoms. The fourth-order valence-corrected chi connectivity index (χ4v) is 3.56. The second kappa shape index (κ2) is 16.5. The number of nitrogens with zero attached hydrogens (tertiary/aromatic N) is 1. The zero-order valence-corrected chi connectivity index (χ0v) is 20.1. The number of aldehydes is 1. The molecule has 1 heterocycles. The van der Waals surface area contributed by atoms with Gasteiger partial charge in [0.1, 0.15) is 6.29 Å². The highest BCUT2D eigenvalue weighted by Crippen LogP contribution is 2.19. The van der Waals surface area contributed by atoms with Crippen LogP contribution in [0.4, 0.5) is 0 Å². The third-order valence-corrected chi connectivity index (χ3v) is 5.40. The molecule has 3 N–H and O–H groups in total. The minimum Gasteiger partial charge on any atom is -0.379 e. The number of hydrogen-bond acceptors (Lipinski definition) is 8. The minimum absolute atomic E-state index is 0.258. The minimum atomic E-state index is -0.429. The number of carbonyl (C=O) groups excluding carboxylic acids is 4. The highest BCUT2D eigenvalue weighted by atomic mass is 16.5. The van der Waals surface area contributed by atoms with E-state index in [1.54, 1.807) is 19.2 Å². The van der Waals surface area contributed by atoms with Gasteiger partial charge in [0, 0.05) is 50.1 Å². The van der Waals surface area contributed by atoms with E-state index in [9.17, 15) is 19.2 Å². The van der Waals surface area contributed by atoms with Crippen molar-refractivity contribution in [1.82, 2.24) is 20.9 Å². The van der Waals surface area contributed by atoms with Crippen molar-refractivity contribution in [1.29, 1.82) is 0 Å². The Morgan fingerprint density at radius 2 is 1.86 bits per heavy atom. The Bertz CT molecular complexity index is 911. The fourth-order valence-electron chi connectivity index (χ4n) is 3.56. The van der Waals surface area contributed by atoms with Gasteiger partial charge in [0.2, 0.25) is 18.2 Å². The fraction of sp³-hybridized carbons (Fsp3) is 0.520. The number of rotatable bonds is 16. The summed E-state index contributed by atoms with van der Waals surface area (Å²) in [4.78, 5) is 47.2. The molecule has 1 saturated heterocycles. The normalized spacial score (nSPS) is 15.3. The lowest BCUT2D eigenvalue weighted by Crippen LogP contribution is -2.51. The summed E-state index contributed by atoms with van der Waals surface area (Å²) in [5.74, 6) is 5.65. The molecule has 1 atom stereocenters. The van der Waals surface area contributed by atoms with Gasteiger partial charge >= 0.3 is 0 Å². The molecule has 1 fully saturated rings. The van der Waals surface area contributed by atoms with E-state index in [4.69, 9.17) is 9.47 Å². The van der Waals surface area contributed by atoms with Gasteiger partial charge in [0.25, 0.3) is 0 Å². The zero-order chi connectivity index (χ0) is 25.3.